The Hall–Kier alpha value is -1.47. The van der Waals surface area contributed by atoms with Gasteiger partial charge >= 0.3 is 0 Å². The molecular formula is C16H25N5O2. The highest BCUT2D eigenvalue weighted by atomic mass is 16.5. The molecule has 7 heteroatoms. The van der Waals surface area contributed by atoms with Crippen molar-refractivity contribution in [3.05, 3.63) is 11.6 Å². The molecule has 3 heterocycles. The van der Waals surface area contributed by atoms with Crippen LogP contribution in [0.5, 0.6) is 0 Å². The van der Waals surface area contributed by atoms with Gasteiger partial charge in [-0.15, -0.1) is 10.2 Å². The van der Waals surface area contributed by atoms with Gasteiger partial charge in [-0.25, -0.2) is 0 Å². The number of hydrogen-bond donors (Lipinski definition) is 0. The quantitative estimate of drug-likeness (QED) is 0.797. The summed E-state index contributed by atoms with van der Waals surface area (Å²) in [6.45, 7) is 6.35. The zero-order valence-corrected chi connectivity index (χ0v) is 13.8. The lowest BCUT2D eigenvalue weighted by molar-refractivity contribution is -0.151. The summed E-state index contributed by atoms with van der Waals surface area (Å²) in [5.74, 6) is 2.18. The molecule has 2 atom stereocenters. The van der Waals surface area contributed by atoms with Gasteiger partial charge in [0.2, 0.25) is 5.91 Å². The number of nitrogens with zero attached hydrogens (tertiary/aromatic N) is 5. The van der Waals surface area contributed by atoms with E-state index in [-0.39, 0.29) is 12.0 Å². The van der Waals surface area contributed by atoms with Crippen molar-refractivity contribution in [2.24, 2.45) is 0 Å². The van der Waals surface area contributed by atoms with E-state index in [1.54, 1.807) is 0 Å². The molecule has 0 N–H and O–H groups in total. The summed E-state index contributed by atoms with van der Waals surface area (Å²) in [5, 5.41) is 8.35. The van der Waals surface area contributed by atoms with Gasteiger partial charge in [0.1, 0.15) is 11.6 Å². The summed E-state index contributed by atoms with van der Waals surface area (Å²) in [4.78, 5) is 17.1. The van der Waals surface area contributed by atoms with E-state index in [0.717, 1.165) is 44.1 Å². The number of amides is 1. The highest BCUT2D eigenvalue weighted by Crippen LogP contribution is 2.28. The molecule has 1 aromatic rings. The zero-order valence-electron chi connectivity index (χ0n) is 13.8. The van der Waals surface area contributed by atoms with E-state index < -0.39 is 0 Å². The van der Waals surface area contributed by atoms with Crippen molar-refractivity contribution in [3.8, 4) is 0 Å². The third kappa shape index (κ3) is 2.87. The number of aromatic nitrogens is 3. The first-order chi connectivity index (χ1) is 11.2. The first-order valence-electron chi connectivity index (χ1n) is 8.74. The number of carbonyl (C=O) groups is 1. The van der Waals surface area contributed by atoms with Gasteiger partial charge in [0.25, 0.3) is 0 Å². The molecule has 0 radical (unpaired) electrons. The Morgan fingerprint density at radius 1 is 1.22 bits per heavy atom. The predicted octanol–water partition coefficient (Wildman–Crippen LogP) is 0.572. The van der Waals surface area contributed by atoms with Crippen LogP contribution in [-0.4, -0.2) is 68.9 Å². The normalized spacial score (nSPS) is 28.3. The van der Waals surface area contributed by atoms with Crippen LogP contribution in [0.15, 0.2) is 0 Å². The lowest BCUT2D eigenvalue weighted by Crippen LogP contribution is -2.57. The Kier molecular flexibility index (Phi) is 4.07. The average molecular weight is 319 g/mol. The topological polar surface area (TPSA) is 63.5 Å². The molecule has 1 saturated heterocycles. The minimum atomic E-state index is 0.245. The standard InChI is InChI=1S/C16H25N5O2/c1-12-17-18-15-10-19(6-7-20(12)15)11-16(22)21-8-9-23-14-5-3-2-4-13(14)21/h13-14H,2-11H2,1H3/t13-,14-/m0/s1. The molecule has 126 valence electrons. The summed E-state index contributed by atoms with van der Waals surface area (Å²) < 4.78 is 8.02. The van der Waals surface area contributed by atoms with Gasteiger partial charge in [-0.2, -0.15) is 0 Å². The summed E-state index contributed by atoms with van der Waals surface area (Å²) in [6.07, 6.45) is 4.88. The molecule has 1 amide bonds. The third-order valence-corrected chi connectivity index (χ3v) is 5.43. The molecule has 3 aliphatic rings. The molecule has 7 nitrogen and oxygen atoms in total. The van der Waals surface area contributed by atoms with Gasteiger partial charge in [-0.05, 0) is 19.8 Å². The Morgan fingerprint density at radius 3 is 3.00 bits per heavy atom. The van der Waals surface area contributed by atoms with Crippen LogP contribution in [0.2, 0.25) is 0 Å². The summed E-state index contributed by atoms with van der Waals surface area (Å²) >= 11 is 0. The molecule has 1 aliphatic carbocycles. The number of morpholine rings is 1. The van der Waals surface area contributed by atoms with E-state index >= 15 is 0 Å². The predicted molar refractivity (Wildman–Crippen MR) is 83.7 cm³/mol. The van der Waals surface area contributed by atoms with Crippen LogP contribution in [0, 0.1) is 6.92 Å². The fraction of sp³-hybridized carbons (Fsp3) is 0.812. The van der Waals surface area contributed by atoms with Gasteiger partial charge in [-0.3, -0.25) is 9.69 Å². The van der Waals surface area contributed by atoms with Gasteiger partial charge in [0.15, 0.2) is 0 Å². The first-order valence-corrected chi connectivity index (χ1v) is 8.74. The molecule has 2 fully saturated rings. The third-order valence-electron chi connectivity index (χ3n) is 5.43. The number of fused-ring (bicyclic) bond motifs is 2. The van der Waals surface area contributed by atoms with E-state index in [1.807, 2.05) is 6.92 Å². The molecule has 1 saturated carbocycles. The Labute approximate surface area is 136 Å². The maximum atomic E-state index is 12.8. The number of aryl methyl sites for hydroxylation is 1. The SMILES string of the molecule is Cc1nnc2n1CCN(CC(=O)N1CCO[C@H]3CCCC[C@@H]31)C2. The van der Waals surface area contributed by atoms with E-state index in [9.17, 15) is 4.79 Å². The summed E-state index contributed by atoms with van der Waals surface area (Å²) in [5.41, 5.74) is 0. The van der Waals surface area contributed by atoms with Crippen LogP contribution >= 0.6 is 0 Å². The van der Waals surface area contributed by atoms with Crippen molar-refractivity contribution in [1.29, 1.82) is 0 Å². The summed E-state index contributed by atoms with van der Waals surface area (Å²) in [7, 11) is 0. The maximum Gasteiger partial charge on any atom is 0.237 e. The van der Waals surface area contributed by atoms with Gasteiger partial charge < -0.3 is 14.2 Å². The van der Waals surface area contributed by atoms with Crippen molar-refractivity contribution in [3.63, 3.8) is 0 Å². The Morgan fingerprint density at radius 2 is 2.09 bits per heavy atom. The first kappa shape index (κ1) is 15.1. The second kappa shape index (κ2) is 6.20. The van der Waals surface area contributed by atoms with E-state index in [4.69, 9.17) is 4.74 Å². The minimum absolute atomic E-state index is 0.245. The number of ether oxygens (including phenoxy) is 1. The van der Waals surface area contributed by atoms with Crippen LogP contribution in [0.25, 0.3) is 0 Å². The van der Waals surface area contributed by atoms with Crippen LogP contribution in [0.4, 0.5) is 0 Å². The minimum Gasteiger partial charge on any atom is -0.374 e. The molecule has 2 aliphatic heterocycles. The molecule has 1 aromatic heterocycles. The molecule has 4 rings (SSSR count). The van der Waals surface area contributed by atoms with E-state index in [2.05, 4.69) is 24.6 Å². The molecular weight excluding hydrogens is 294 g/mol. The van der Waals surface area contributed by atoms with Crippen molar-refractivity contribution in [2.75, 3.05) is 26.2 Å². The number of carbonyl (C=O) groups excluding carboxylic acids is 1. The zero-order chi connectivity index (χ0) is 15.8. The lowest BCUT2D eigenvalue weighted by atomic mass is 9.90. The van der Waals surface area contributed by atoms with Gasteiger partial charge in [-0.1, -0.05) is 12.8 Å². The average Bonchev–Trinajstić information content (AvgIpc) is 2.95. The van der Waals surface area contributed by atoms with E-state index in [1.165, 1.54) is 12.8 Å². The Balaban J connectivity index is 1.40. The maximum absolute atomic E-state index is 12.8. The van der Waals surface area contributed by atoms with E-state index in [0.29, 0.717) is 25.7 Å². The van der Waals surface area contributed by atoms with Crippen LogP contribution in [0.3, 0.4) is 0 Å². The largest absolute Gasteiger partial charge is 0.374 e. The molecule has 23 heavy (non-hydrogen) atoms. The van der Waals surface area contributed by atoms with Gasteiger partial charge in [0, 0.05) is 19.6 Å². The van der Waals surface area contributed by atoms with Gasteiger partial charge in [0.05, 0.1) is 31.8 Å². The molecule has 0 aromatic carbocycles. The number of rotatable bonds is 2. The summed E-state index contributed by atoms with van der Waals surface area (Å²) in [6, 6.07) is 0.292. The lowest BCUT2D eigenvalue weighted by Gasteiger charge is -2.44. The second-order valence-corrected chi connectivity index (χ2v) is 6.87. The second-order valence-electron chi connectivity index (χ2n) is 6.87. The molecule has 0 spiro atoms. The highest BCUT2D eigenvalue weighted by molar-refractivity contribution is 5.78. The van der Waals surface area contributed by atoms with Crippen molar-refractivity contribution in [1.82, 2.24) is 24.6 Å². The van der Waals surface area contributed by atoms with Crippen LogP contribution in [0.1, 0.15) is 37.3 Å². The molecule has 0 unspecified atom stereocenters. The van der Waals surface area contributed by atoms with Crippen LogP contribution < -0.4 is 0 Å². The fourth-order valence-electron chi connectivity index (χ4n) is 4.18. The fourth-order valence-corrected chi connectivity index (χ4v) is 4.18. The Bertz CT molecular complexity index is 585. The smallest absolute Gasteiger partial charge is 0.237 e. The molecule has 0 bridgehead atoms. The van der Waals surface area contributed by atoms with Crippen molar-refractivity contribution < 1.29 is 9.53 Å². The monoisotopic (exact) mass is 319 g/mol. The van der Waals surface area contributed by atoms with Crippen LogP contribution in [-0.2, 0) is 22.6 Å². The van der Waals surface area contributed by atoms with Crippen molar-refractivity contribution >= 4 is 5.91 Å². The van der Waals surface area contributed by atoms with Crippen molar-refractivity contribution in [2.45, 2.75) is 57.8 Å². The number of hydrogen-bond acceptors (Lipinski definition) is 5. The highest BCUT2D eigenvalue weighted by Gasteiger charge is 2.37.